The molecule has 1 aromatic carbocycles. The Bertz CT molecular complexity index is 541. The van der Waals surface area contributed by atoms with E-state index in [4.69, 9.17) is 0 Å². The molecule has 23 heavy (non-hydrogen) atoms. The molecule has 0 aliphatic carbocycles. The van der Waals surface area contributed by atoms with Crippen LogP contribution in [0.1, 0.15) is 29.3 Å². The molecule has 0 radical (unpaired) electrons. The number of hydrogen-bond acceptors (Lipinski definition) is 4. The first-order valence-corrected chi connectivity index (χ1v) is 6.86. The van der Waals surface area contributed by atoms with Crippen LogP contribution in [0, 0.1) is 0 Å². The molecule has 0 bridgehead atoms. The number of rotatable bonds is 6. The molecule has 128 valence electrons. The lowest BCUT2D eigenvalue weighted by Crippen LogP contribution is -2.38. The van der Waals surface area contributed by atoms with E-state index in [0.29, 0.717) is 0 Å². The lowest BCUT2D eigenvalue weighted by Gasteiger charge is -2.24. The highest BCUT2D eigenvalue weighted by molar-refractivity contribution is 5.94. The second kappa shape index (κ2) is 7.96. The van der Waals surface area contributed by atoms with Gasteiger partial charge in [-0.3, -0.25) is 9.59 Å². The first kappa shape index (κ1) is 19.0. The van der Waals surface area contributed by atoms with Crippen LogP contribution in [-0.4, -0.2) is 48.2 Å². The molecule has 0 spiro atoms. The van der Waals surface area contributed by atoms with Gasteiger partial charge in [0.1, 0.15) is 0 Å². The number of carbonyl (C=O) groups excluding carboxylic acids is 2. The quantitative estimate of drug-likeness (QED) is 0.810. The Labute approximate surface area is 131 Å². The van der Waals surface area contributed by atoms with Crippen molar-refractivity contribution in [3.05, 3.63) is 35.4 Å². The Kier molecular flexibility index (Phi) is 6.56. The highest BCUT2D eigenvalue weighted by Crippen LogP contribution is 2.29. The summed E-state index contributed by atoms with van der Waals surface area (Å²) >= 11 is 0. The third kappa shape index (κ3) is 5.90. The summed E-state index contributed by atoms with van der Waals surface area (Å²) in [6.45, 7) is 1.42. The van der Waals surface area contributed by atoms with Crippen molar-refractivity contribution in [3.8, 4) is 0 Å². The van der Waals surface area contributed by atoms with Gasteiger partial charge in [-0.2, -0.15) is 13.2 Å². The predicted molar refractivity (Wildman–Crippen MR) is 75.7 cm³/mol. The molecule has 5 nitrogen and oxygen atoms in total. The fourth-order valence-electron chi connectivity index (χ4n) is 1.91. The molecule has 0 aliphatic heterocycles. The van der Waals surface area contributed by atoms with Crippen molar-refractivity contribution in [3.63, 3.8) is 0 Å². The Morgan fingerprint density at radius 3 is 2.26 bits per heavy atom. The number of nitrogens with zero attached hydrogens (tertiary/aromatic N) is 1. The zero-order valence-corrected chi connectivity index (χ0v) is 12.8. The first-order chi connectivity index (χ1) is 10.6. The number of aliphatic hydroxyl groups excluding tert-OH is 1. The minimum atomic E-state index is -4.48. The van der Waals surface area contributed by atoms with Crippen molar-refractivity contribution in [1.82, 2.24) is 4.90 Å². The summed E-state index contributed by atoms with van der Waals surface area (Å²) in [5.41, 5.74) is -0.811. The second-order valence-corrected chi connectivity index (χ2v) is 5.00. The molecule has 1 unspecified atom stereocenters. The fourth-order valence-corrected chi connectivity index (χ4v) is 1.91. The van der Waals surface area contributed by atoms with Gasteiger partial charge < -0.3 is 14.7 Å². The number of hydrogen-bond donors (Lipinski definition) is 1. The van der Waals surface area contributed by atoms with Crippen LogP contribution < -0.4 is 0 Å². The van der Waals surface area contributed by atoms with Gasteiger partial charge in [0.2, 0.25) is 0 Å². The summed E-state index contributed by atoms with van der Waals surface area (Å²) in [4.78, 5) is 24.7. The zero-order chi connectivity index (χ0) is 17.6. The van der Waals surface area contributed by atoms with Gasteiger partial charge >= 0.3 is 12.1 Å². The Morgan fingerprint density at radius 1 is 1.26 bits per heavy atom. The van der Waals surface area contributed by atoms with Crippen LogP contribution in [0.15, 0.2) is 24.3 Å². The number of alkyl halides is 3. The second-order valence-electron chi connectivity index (χ2n) is 5.00. The molecule has 1 N–H and O–H groups in total. The third-order valence-corrected chi connectivity index (χ3v) is 3.04. The van der Waals surface area contributed by atoms with Crippen molar-refractivity contribution in [2.45, 2.75) is 25.6 Å². The fraction of sp³-hybridized carbons (Fsp3) is 0.467. The lowest BCUT2D eigenvalue weighted by atomic mass is 10.1. The average Bonchev–Trinajstić information content (AvgIpc) is 2.49. The van der Waals surface area contributed by atoms with Gasteiger partial charge in [0, 0.05) is 18.7 Å². The molecule has 1 aromatic rings. The van der Waals surface area contributed by atoms with Crippen molar-refractivity contribution >= 4 is 11.9 Å². The lowest BCUT2D eigenvalue weighted by molar-refractivity contribution is -0.141. The molecule has 8 heteroatoms. The molecule has 1 atom stereocenters. The molecular weight excluding hydrogens is 315 g/mol. The average molecular weight is 333 g/mol. The predicted octanol–water partition coefficient (Wildman–Crippen LogP) is 2.09. The van der Waals surface area contributed by atoms with Crippen molar-refractivity contribution in [2.75, 3.05) is 20.2 Å². The van der Waals surface area contributed by atoms with Gasteiger partial charge in [-0.25, -0.2) is 0 Å². The van der Waals surface area contributed by atoms with Crippen molar-refractivity contribution in [2.24, 2.45) is 0 Å². The minimum Gasteiger partial charge on any atom is -0.469 e. The maximum atomic E-state index is 12.5. The summed E-state index contributed by atoms with van der Waals surface area (Å²) in [6, 6.07) is 3.76. The summed E-state index contributed by atoms with van der Waals surface area (Å²) in [6.07, 6.45) is -5.40. The normalized spacial score (nSPS) is 12.6. The molecule has 1 amide bonds. The van der Waals surface area contributed by atoms with E-state index in [0.717, 1.165) is 24.3 Å². The van der Waals surface area contributed by atoms with E-state index in [2.05, 4.69) is 4.74 Å². The van der Waals surface area contributed by atoms with Crippen LogP contribution >= 0.6 is 0 Å². The number of benzene rings is 1. The van der Waals surface area contributed by atoms with Gasteiger partial charge in [-0.05, 0) is 31.2 Å². The maximum Gasteiger partial charge on any atom is 0.416 e. The highest BCUT2D eigenvalue weighted by atomic mass is 19.4. The van der Waals surface area contributed by atoms with Gasteiger partial charge in [-0.15, -0.1) is 0 Å². The number of esters is 1. The summed E-state index contributed by atoms with van der Waals surface area (Å²) < 4.78 is 42.0. The largest absolute Gasteiger partial charge is 0.469 e. The van der Waals surface area contributed by atoms with E-state index in [9.17, 15) is 27.9 Å². The highest BCUT2D eigenvalue weighted by Gasteiger charge is 2.30. The van der Waals surface area contributed by atoms with E-state index >= 15 is 0 Å². The Balaban J connectivity index is 2.88. The minimum absolute atomic E-state index is 0.00255. The third-order valence-electron chi connectivity index (χ3n) is 3.04. The maximum absolute atomic E-state index is 12.5. The van der Waals surface area contributed by atoms with E-state index in [1.54, 1.807) is 0 Å². The summed E-state index contributed by atoms with van der Waals surface area (Å²) in [5.74, 6) is -1.09. The molecule has 1 rings (SSSR count). The van der Waals surface area contributed by atoms with E-state index in [-0.39, 0.29) is 25.1 Å². The number of methoxy groups -OCH3 is 1. The van der Waals surface area contributed by atoms with Crippen LogP contribution in [0.25, 0.3) is 0 Å². The number of ether oxygens (including phenoxy) is 1. The molecular formula is C15H18F3NO4. The zero-order valence-electron chi connectivity index (χ0n) is 12.8. The van der Waals surface area contributed by atoms with E-state index in [1.165, 1.54) is 18.9 Å². The van der Waals surface area contributed by atoms with E-state index < -0.39 is 29.7 Å². The Morgan fingerprint density at radius 2 is 1.83 bits per heavy atom. The first-order valence-electron chi connectivity index (χ1n) is 6.86. The Hall–Kier alpha value is -2.09. The summed E-state index contributed by atoms with van der Waals surface area (Å²) in [5, 5.41) is 9.43. The smallest absolute Gasteiger partial charge is 0.416 e. The molecule has 0 saturated heterocycles. The van der Waals surface area contributed by atoms with Crippen molar-refractivity contribution < 1.29 is 32.6 Å². The number of aliphatic hydroxyl groups is 1. The van der Waals surface area contributed by atoms with Crippen LogP contribution in [0.3, 0.4) is 0 Å². The van der Waals surface area contributed by atoms with E-state index in [1.807, 2.05) is 0 Å². The molecule has 0 heterocycles. The van der Waals surface area contributed by atoms with Gasteiger partial charge in [0.25, 0.3) is 5.91 Å². The van der Waals surface area contributed by atoms with Gasteiger partial charge in [0.05, 0.1) is 25.2 Å². The molecule has 0 fully saturated rings. The topological polar surface area (TPSA) is 66.8 Å². The molecule has 0 aliphatic rings. The SMILES string of the molecule is COC(=O)CCN(CC(C)O)C(=O)c1ccc(C(F)(F)F)cc1. The van der Waals surface area contributed by atoms with Crippen LogP contribution in [-0.2, 0) is 15.7 Å². The van der Waals surface area contributed by atoms with Crippen LogP contribution in [0.4, 0.5) is 13.2 Å². The monoisotopic (exact) mass is 333 g/mol. The standard InChI is InChI=1S/C15H18F3NO4/c1-10(20)9-19(8-7-13(21)23-2)14(22)11-3-5-12(6-4-11)15(16,17)18/h3-6,10,20H,7-9H2,1-2H3. The van der Waals surface area contributed by atoms with Gasteiger partial charge in [0.15, 0.2) is 0 Å². The number of carbonyl (C=O) groups is 2. The molecule has 0 saturated carbocycles. The molecule has 0 aromatic heterocycles. The summed E-state index contributed by atoms with van der Waals surface area (Å²) in [7, 11) is 1.21. The number of amides is 1. The number of halogens is 3. The van der Waals surface area contributed by atoms with Crippen LogP contribution in [0.2, 0.25) is 0 Å². The van der Waals surface area contributed by atoms with Crippen molar-refractivity contribution in [1.29, 1.82) is 0 Å². The van der Waals surface area contributed by atoms with Gasteiger partial charge in [-0.1, -0.05) is 0 Å². The van der Waals surface area contributed by atoms with Crippen LogP contribution in [0.5, 0.6) is 0 Å².